The Bertz CT molecular complexity index is 661. The summed E-state index contributed by atoms with van der Waals surface area (Å²) in [7, 11) is 0. The Kier molecular flexibility index (Phi) is 5.06. The van der Waals surface area contributed by atoms with Gasteiger partial charge in [0, 0.05) is 25.7 Å². The fourth-order valence-electron chi connectivity index (χ4n) is 2.31. The molecule has 0 spiro atoms. The summed E-state index contributed by atoms with van der Waals surface area (Å²) in [5.41, 5.74) is 1.09. The average Bonchev–Trinajstić information content (AvgIpc) is 3.10. The van der Waals surface area contributed by atoms with E-state index in [-0.39, 0.29) is 11.7 Å². The van der Waals surface area contributed by atoms with Gasteiger partial charge in [0.1, 0.15) is 0 Å². The smallest absolute Gasteiger partial charge is 0.290 e. The number of benzene rings is 1. The molecule has 2 heterocycles. The normalized spacial score (nSPS) is 15.0. The Labute approximate surface area is 134 Å². The van der Waals surface area contributed by atoms with Crippen LogP contribution in [0.3, 0.4) is 0 Å². The minimum atomic E-state index is -0.269. The standard InChI is InChI=1S/C17H19N3O3/c21-17(18-8-4-7-14-5-2-1-3-6-14)15-13-16(19-23-15)20-9-11-22-12-10-20/h1-7,13H,8-12H2,(H,18,21). The minimum Gasteiger partial charge on any atom is -0.378 e. The number of morpholine rings is 1. The van der Waals surface area contributed by atoms with Crippen molar-refractivity contribution in [3.63, 3.8) is 0 Å². The molecule has 0 unspecified atom stereocenters. The first kappa shape index (κ1) is 15.3. The molecule has 1 aromatic carbocycles. The number of rotatable bonds is 5. The fraction of sp³-hybridized carbons (Fsp3) is 0.294. The number of carbonyl (C=O) groups excluding carboxylic acids is 1. The van der Waals surface area contributed by atoms with Crippen molar-refractivity contribution in [3.8, 4) is 0 Å². The maximum absolute atomic E-state index is 12.0. The number of anilines is 1. The van der Waals surface area contributed by atoms with Crippen molar-refractivity contribution >= 4 is 17.8 Å². The quantitative estimate of drug-likeness (QED) is 0.914. The lowest BCUT2D eigenvalue weighted by atomic mass is 10.2. The predicted molar refractivity (Wildman–Crippen MR) is 87.3 cm³/mol. The summed E-state index contributed by atoms with van der Waals surface area (Å²) in [4.78, 5) is 14.1. The number of aromatic nitrogens is 1. The first-order chi connectivity index (χ1) is 11.3. The van der Waals surface area contributed by atoms with E-state index in [1.807, 2.05) is 47.4 Å². The van der Waals surface area contributed by atoms with Crippen LogP contribution in [0.1, 0.15) is 16.1 Å². The molecular formula is C17H19N3O3. The summed E-state index contributed by atoms with van der Waals surface area (Å²) in [6, 6.07) is 11.6. The molecule has 1 N–H and O–H groups in total. The van der Waals surface area contributed by atoms with Crippen molar-refractivity contribution in [3.05, 3.63) is 53.8 Å². The largest absolute Gasteiger partial charge is 0.378 e. The van der Waals surface area contributed by atoms with E-state index in [2.05, 4.69) is 10.5 Å². The Morgan fingerprint density at radius 1 is 1.26 bits per heavy atom. The van der Waals surface area contributed by atoms with Crippen LogP contribution in [0, 0.1) is 0 Å². The molecule has 1 saturated heterocycles. The molecule has 6 heteroatoms. The first-order valence-electron chi connectivity index (χ1n) is 7.62. The number of amides is 1. The van der Waals surface area contributed by atoms with Crippen molar-refractivity contribution in [2.24, 2.45) is 0 Å². The summed E-state index contributed by atoms with van der Waals surface area (Å²) in [6.45, 7) is 3.28. The second kappa shape index (κ2) is 7.60. The molecule has 1 aliphatic rings. The SMILES string of the molecule is O=C(NCC=Cc1ccccc1)c1cc(N2CCOCC2)no1. The fourth-order valence-corrected chi connectivity index (χ4v) is 2.31. The summed E-state index contributed by atoms with van der Waals surface area (Å²) in [5, 5.41) is 6.74. The molecule has 2 aromatic rings. The summed E-state index contributed by atoms with van der Waals surface area (Å²) >= 11 is 0. The van der Waals surface area contributed by atoms with Gasteiger partial charge in [-0.2, -0.15) is 0 Å². The van der Waals surface area contributed by atoms with E-state index >= 15 is 0 Å². The van der Waals surface area contributed by atoms with Gasteiger partial charge in [0.2, 0.25) is 5.76 Å². The van der Waals surface area contributed by atoms with Gasteiger partial charge in [-0.3, -0.25) is 4.79 Å². The third-order valence-electron chi connectivity index (χ3n) is 3.55. The highest BCUT2D eigenvalue weighted by Crippen LogP contribution is 2.15. The summed E-state index contributed by atoms with van der Waals surface area (Å²) in [6.07, 6.45) is 3.85. The van der Waals surface area contributed by atoms with Gasteiger partial charge in [-0.1, -0.05) is 47.6 Å². The monoisotopic (exact) mass is 313 g/mol. The topological polar surface area (TPSA) is 67.6 Å². The molecule has 0 aliphatic carbocycles. The zero-order valence-corrected chi connectivity index (χ0v) is 12.8. The van der Waals surface area contributed by atoms with E-state index in [1.165, 1.54) is 0 Å². The summed E-state index contributed by atoms with van der Waals surface area (Å²) < 4.78 is 10.4. The van der Waals surface area contributed by atoms with Crippen molar-refractivity contribution in [2.75, 3.05) is 37.7 Å². The minimum absolute atomic E-state index is 0.222. The maximum atomic E-state index is 12.0. The average molecular weight is 313 g/mol. The van der Waals surface area contributed by atoms with E-state index in [0.29, 0.717) is 25.6 Å². The highest BCUT2D eigenvalue weighted by molar-refractivity contribution is 5.92. The van der Waals surface area contributed by atoms with Crippen molar-refractivity contribution in [2.45, 2.75) is 0 Å². The van der Waals surface area contributed by atoms with Gasteiger partial charge >= 0.3 is 0 Å². The Hall–Kier alpha value is -2.60. The zero-order valence-electron chi connectivity index (χ0n) is 12.8. The van der Waals surface area contributed by atoms with E-state index in [4.69, 9.17) is 9.26 Å². The highest BCUT2D eigenvalue weighted by Gasteiger charge is 2.18. The van der Waals surface area contributed by atoms with Gasteiger partial charge in [-0.15, -0.1) is 0 Å². The molecule has 0 bridgehead atoms. The van der Waals surface area contributed by atoms with Gasteiger partial charge in [-0.05, 0) is 5.56 Å². The van der Waals surface area contributed by atoms with E-state index in [1.54, 1.807) is 6.07 Å². The molecule has 0 saturated carbocycles. The molecule has 0 atom stereocenters. The van der Waals surface area contributed by atoms with Crippen LogP contribution in [0.5, 0.6) is 0 Å². The number of ether oxygens (including phenoxy) is 1. The number of nitrogens with zero attached hydrogens (tertiary/aromatic N) is 2. The van der Waals surface area contributed by atoms with Gasteiger partial charge in [0.05, 0.1) is 13.2 Å². The lowest BCUT2D eigenvalue weighted by molar-refractivity contribution is 0.0921. The van der Waals surface area contributed by atoms with Gasteiger partial charge in [-0.25, -0.2) is 0 Å². The van der Waals surface area contributed by atoms with E-state index < -0.39 is 0 Å². The Morgan fingerprint density at radius 2 is 2.04 bits per heavy atom. The van der Waals surface area contributed by atoms with Crippen LogP contribution < -0.4 is 10.2 Å². The first-order valence-corrected chi connectivity index (χ1v) is 7.62. The van der Waals surface area contributed by atoms with E-state index in [0.717, 1.165) is 18.7 Å². The van der Waals surface area contributed by atoms with Gasteiger partial charge in [0.25, 0.3) is 5.91 Å². The third-order valence-corrected chi connectivity index (χ3v) is 3.55. The van der Waals surface area contributed by atoms with Crippen LogP contribution in [0.15, 0.2) is 47.0 Å². The lowest BCUT2D eigenvalue weighted by Crippen LogP contribution is -2.36. The highest BCUT2D eigenvalue weighted by atomic mass is 16.5. The zero-order chi connectivity index (χ0) is 15.9. The predicted octanol–water partition coefficient (Wildman–Crippen LogP) is 1.95. The molecule has 3 rings (SSSR count). The van der Waals surface area contributed by atoms with Crippen LogP contribution in [0.4, 0.5) is 5.82 Å². The molecule has 120 valence electrons. The molecular weight excluding hydrogens is 294 g/mol. The van der Waals surface area contributed by atoms with Crippen molar-refractivity contribution < 1.29 is 14.1 Å². The molecule has 0 radical (unpaired) electrons. The Morgan fingerprint density at radius 3 is 2.83 bits per heavy atom. The van der Waals surface area contributed by atoms with Crippen LogP contribution in [-0.4, -0.2) is 43.9 Å². The molecule has 1 fully saturated rings. The van der Waals surface area contributed by atoms with Crippen LogP contribution in [0.2, 0.25) is 0 Å². The number of nitrogens with one attached hydrogen (secondary N) is 1. The number of hydrogen-bond acceptors (Lipinski definition) is 5. The summed E-state index contributed by atoms with van der Waals surface area (Å²) in [5.74, 6) is 0.632. The molecule has 23 heavy (non-hydrogen) atoms. The molecule has 1 aliphatic heterocycles. The third kappa shape index (κ3) is 4.20. The van der Waals surface area contributed by atoms with Crippen LogP contribution in [0.25, 0.3) is 6.08 Å². The number of hydrogen-bond donors (Lipinski definition) is 1. The van der Waals surface area contributed by atoms with Crippen LogP contribution in [-0.2, 0) is 4.74 Å². The second-order valence-electron chi connectivity index (χ2n) is 5.17. The Balaban J connectivity index is 1.50. The maximum Gasteiger partial charge on any atom is 0.290 e. The molecule has 6 nitrogen and oxygen atoms in total. The molecule has 1 amide bonds. The second-order valence-corrected chi connectivity index (χ2v) is 5.17. The lowest BCUT2D eigenvalue weighted by Gasteiger charge is -2.25. The molecule has 1 aromatic heterocycles. The van der Waals surface area contributed by atoms with Crippen molar-refractivity contribution in [1.29, 1.82) is 0 Å². The van der Waals surface area contributed by atoms with Crippen molar-refractivity contribution in [1.82, 2.24) is 10.5 Å². The van der Waals surface area contributed by atoms with Crippen LogP contribution >= 0.6 is 0 Å². The van der Waals surface area contributed by atoms with Gasteiger partial charge < -0.3 is 19.5 Å². The number of carbonyl (C=O) groups is 1. The van der Waals surface area contributed by atoms with E-state index in [9.17, 15) is 4.79 Å². The van der Waals surface area contributed by atoms with Gasteiger partial charge in [0.15, 0.2) is 5.82 Å².